The maximum atomic E-state index is 2.49. The van der Waals surface area contributed by atoms with E-state index < -0.39 is 0 Å². The van der Waals surface area contributed by atoms with Gasteiger partial charge in [0.15, 0.2) is 0 Å². The minimum Gasteiger partial charge on any atom is -0.309 e. The number of nitrogens with zero attached hydrogens (tertiary/aromatic N) is 2. The van der Waals surface area contributed by atoms with Crippen LogP contribution in [-0.2, 0) is 6.42 Å². The highest BCUT2D eigenvalue weighted by atomic mass is 15.0. The largest absolute Gasteiger partial charge is 0.309 e. The van der Waals surface area contributed by atoms with Gasteiger partial charge in [-0.15, -0.1) is 0 Å². The highest BCUT2D eigenvalue weighted by Gasteiger charge is 2.25. The van der Waals surface area contributed by atoms with Crippen LogP contribution in [0, 0.1) is 6.92 Å². The summed E-state index contributed by atoms with van der Waals surface area (Å²) in [7, 11) is 0. The molecule has 61 heavy (non-hydrogen) atoms. The summed E-state index contributed by atoms with van der Waals surface area (Å²) >= 11 is 0. The molecular formula is C59H46N2. The fourth-order valence-corrected chi connectivity index (χ4v) is 9.86. The molecular weight excluding hydrogens is 737 g/mol. The number of rotatable bonds is 5. The summed E-state index contributed by atoms with van der Waals surface area (Å²) in [4.78, 5) is 0. The average molecular weight is 783 g/mol. The van der Waals surface area contributed by atoms with Crippen LogP contribution in [0.15, 0.2) is 206 Å². The molecule has 0 spiro atoms. The molecule has 0 N–H and O–H groups in total. The summed E-state index contributed by atoms with van der Waals surface area (Å²) in [6.07, 6.45) is 0.908. The van der Waals surface area contributed by atoms with Gasteiger partial charge in [-0.25, -0.2) is 0 Å². The first-order valence-corrected chi connectivity index (χ1v) is 21.5. The van der Waals surface area contributed by atoms with E-state index in [1.54, 1.807) is 0 Å². The topological polar surface area (TPSA) is 9.86 Å². The van der Waals surface area contributed by atoms with Crippen LogP contribution in [0.25, 0.3) is 88.4 Å². The highest BCUT2D eigenvalue weighted by Crippen LogP contribution is 2.44. The lowest BCUT2D eigenvalue weighted by Gasteiger charge is -2.14. The Kier molecular flexibility index (Phi) is 9.01. The summed E-state index contributed by atoms with van der Waals surface area (Å²) in [5, 5.41) is 5.11. The average Bonchev–Trinajstić information content (AvgIpc) is 3.97. The van der Waals surface area contributed by atoms with E-state index in [4.69, 9.17) is 0 Å². The molecule has 0 unspecified atom stereocenters. The van der Waals surface area contributed by atoms with Gasteiger partial charge in [0, 0.05) is 33.7 Å². The zero-order chi connectivity index (χ0) is 41.0. The summed E-state index contributed by atoms with van der Waals surface area (Å²) < 4.78 is 4.93. The summed E-state index contributed by atoms with van der Waals surface area (Å²) in [6, 6.07) is 75.4. The maximum Gasteiger partial charge on any atom is 0.0541 e. The standard InChI is InChI=1S/C49H32N2.C10H14/c1-3-12-32(13-4-1)34-23-26-48-43(28-34)39-16-7-9-19-45(39)50(48)37-25-22-36-30-42-38(41(36)31-37)18-11-21-47(42)51-46-20-10-8-17-40(46)44-29-35(24-27-49(44)51)33-14-5-2-6-15-33;1-8(2)10-7-5-4-6-9(10)3/h1-29,31H,30H2;4-8H,1-3H3. The molecule has 0 saturated heterocycles. The molecule has 0 bridgehead atoms. The van der Waals surface area contributed by atoms with Crippen LogP contribution in [0.4, 0.5) is 0 Å². The third-order valence-electron chi connectivity index (χ3n) is 12.8. The van der Waals surface area contributed by atoms with Gasteiger partial charge in [-0.05, 0) is 123 Å². The van der Waals surface area contributed by atoms with E-state index in [9.17, 15) is 0 Å². The Hall–Kier alpha value is -7.42. The van der Waals surface area contributed by atoms with Gasteiger partial charge in [0.1, 0.15) is 0 Å². The molecule has 2 heterocycles. The summed E-state index contributed by atoms with van der Waals surface area (Å²) in [5.41, 5.74) is 20.6. The van der Waals surface area contributed by atoms with E-state index in [0.717, 1.165) is 6.42 Å². The molecule has 2 nitrogen and oxygen atoms in total. The predicted molar refractivity (Wildman–Crippen MR) is 260 cm³/mol. The number of fused-ring (bicyclic) bond motifs is 9. The van der Waals surface area contributed by atoms with Crippen LogP contribution in [0.3, 0.4) is 0 Å². The van der Waals surface area contributed by atoms with Crippen LogP contribution in [0.1, 0.15) is 42.0 Å². The van der Waals surface area contributed by atoms with Crippen molar-refractivity contribution in [2.24, 2.45) is 0 Å². The van der Waals surface area contributed by atoms with E-state index in [0.29, 0.717) is 5.92 Å². The molecule has 1 aliphatic carbocycles. The van der Waals surface area contributed by atoms with Crippen LogP contribution in [-0.4, -0.2) is 9.13 Å². The SMILES string of the molecule is Cc1ccccc1C(C)C.c1ccc(-c2ccc3c(c2)c2ccccc2n3-c2ccc3c(c2)-c2cccc(-n4c5ccccc5c5cc(-c6ccccc6)ccc54)c2C3)cc1. The fraction of sp³-hybridized carbons (Fsp3) is 0.0847. The number of benzene rings is 9. The zero-order valence-corrected chi connectivity index (χ0v) is 34.8. The molecule has 292 valence electrons. The van der Waals surface area contributed by atoms with Gasteiger partial charge < -0.3 is 9.13 Å². The van der Waals surface area contributed by atoms with E-state index in [2.05, 4.69) is 236 Å². The molecule has 1 aliphatic rings. The van der Waals surface area contributed by atoms with E-state index in [1.807, 2.05) is 0 Å². The Morgan fingerprint density at radius 1 is 0.393 bits per heavy atom. The smallest absolute Gasteiger partial charge is 0.0541 e. The first-order chi connectivity index (χ1) is 30.0. The predicted octanol–water partition coefficient (Wildman–Crippen LogP) is 15.9. The second-order valence-corrected chi connectivity index (χ2v) is 16.7. The minimum atomic E-state index is 0.654. The Morgan fingerprint density at radius 3 is 1.54 bits per heavy atom. The lowest BCUT2D eigenvalue weighted by atomic mass is 9.99. The van der Waals surface area contributed by atoms with Crippen molar-refractivity contribution in [2.75, 3.05) is 0 Å². The second-order valence-electron chi connectivity index (χ2n) is 16.7. The monoisotopic (exact) mass is 782 g/mol. The number of hydrogen-bond acceptors (Lipinski definition) is 0. The van der Waals surface area contributed by atoms with Crippen molar-refractivity contribution in [2.45, 2.75) is 33.1 Å². The molecule has 0 saturated carbocycles. The molecule has 12 rings (SSSR count). The lowest BCUT2D eigenvalue weighted by molar-refractivity contribution is 0.856. The maximum absolute atomic E-state index is 2.49. The van der Waals surface area contributed by atoms with Gasteiger partial charge >= 0.3 is 0 Å². The van der Waals surface area contributed by atoms with Crippen LogP contribution < -0.4 is 0 Å². The van der Waals surface area contributed by atoms with Gasteiger partial charge in [0.05, 0.1) is 27.8 Å². The first kappa shape index (κ1) is 36.6. The van der Waals surface area contributed by atoms with Crippen LogP contribution in [0.2, 0.25) is 0 Å². The molecule has 11 aromatic rings. The Labute approximate surface area is 357 Å². The number of hydrogen-bond donors (Lipinski definition) is 0. The quantitative estimate of drug-likeness (QED) is 0.165. The summed E-state index contributed by atoms with van der Waals surface area (Å²) in [5.74, 6) is 0.654. The molecule has 9 aromatic carbocycles. The minimum absolute atomic E-state index is 0.654. The molecule has 2 aromatic heterocycles. The van der Waals surface area contributed by atoms with Crippen LogP contribution >= 0.6 is 0 Å². The summed E-state index contributed by atoms with van der Waals surface area (Å²) in [6.45, 7) is 6.61. The molecule has 0 aliphatic heterocycles. The van der Waals surface area contributed by atoms with E-state index >= 15 is 0 Å². The third kappa shape index (κ3) is 6.26. The number of aryl methyl sites for hydroxylation is 1. The van der Waals surface area contributed by atoms with Gasteiger partial charge in [-0.1, -0.05) is 166 Å². The molecule has 0 atom stereocenters. The molecule has 2 heteroatoms. The van der Waals surface area contributed by atoms with Gasteiger partial charge in [0.2, 0.25) is 0 Å². The van der Waals surface area contributed by atoms with E-state index in [-0.39, 0.29) is 0 Å². The molecule has 0 fully saturated rings. The van der Waals surface area contributed by atoms with E-state index in [1.165, 1.54) is 111 Å². The molecule has 0 amide bonds. The fourth-order valence-electron chi connectivity index (χ4n) is 9.86. The first-order valence-electron chi connectivity index (χ1n) is 21.5. The number of aromatic nitrogens is 2. The van der Waals surface area contributed by atoms with Gasteiger partial charge in [-0.3, -0.25) is 0 Å². The van der Waals surface area contributed by atoms with Crippen molar-refractivity contribution in [3.8, 4) is 44.8 Å². The second kappa shape index (κ2) is 15.0. The van der Waals surface area contributed by atoms with Crippen molar-refractivity contribution >= 4 is 43.6 Å². The Bertz CT molecular complexity index is 3420. The lowest BCUT2D eigenvalue weighted by Crippen LogP contribution is -1.99. The van der Waals surface area contributed by atoms with Crippen LogP contribution in [0.5, 0.6) is 0 Å². The van der Waals surface area contributed by atoms with Crippen molar-refractivity contribution < 1.29 is 0 Å². The Balaban J connectivity index is 0.000000373. The normalized spacial score (nSPS) is 11.9. The highest BCUT2D eigenvalue weighted by molar-refractivity contribution is 6.12. The Morgan fingerprint density at radius 2 is 0.934 bits per heavy atom. The van der Waals surface area contributed by atoms with Crippen molar-refractivity contribution in [3.05, 3.63) is 229 Å². The molecule has 0 radical (unpaired) electrons. The van der Waals surface area contributed by atoms with Crippen molar-refractivity contribution in [3.63, 3.8) is 0 Å². The number of para-hydroxylation sites is 2. The van der Waals surface area contributed by atoms with Gasteiger partial charge in [-0.2, -0.15) is 0 Å². The zero-order valence-electron chi connectivity index (χ0n) is 34.8. The third-order valence-corrected chi connectivity index (χ3v) is 12.8. The van der Waals surface area contributed by atoms with Gasteiger partial charge in [0.25, 0.3) is 0 Å². The van der Waals surface area contributed by atoms with Crippen molar-refractivity contribution in [1.82, 2.24) is 9.13 Å². The van der Waals surface area contributed by atoms with Crippen molar-refractivity contribution in [1.29, 1.82) is 0 Å².